The second kappa shape index (κ2) is 6.60. The molecule has 5 rings (SSSR count). The average Bonchev–Trinajstić information content (AvgIpc) is 3.17. The molecule has 7 nitrogen and oxygen atoms in total. The first-order chi connectivity index (χ1) is 13.7. The number of nitrogens with zero attached hydrogens (tertiary/aromatic N) is 4. The zero-order valence-electron chi connectivity index (χ0n) is 15.1. The molecule has 4 aromatic rings. The summed E-state index contributed by atoms with van der Waals surface area (Å²) in [6.07, 6.45) is 3.70. The van der Waals surface area contributed by atoms with Crippen molar-refractivity contribution < 1.29 is 9.21 Å². The van der Waals surface area contributed by atoms with Crippen molar-refractivity contribution in [3.63, 3.8) is 0 Å². The average molecular weight is 374 g/mol. The molecule has 1 amide bonds. The van der Waals surface area contributed by atoms with Crippen molar-refractivity contribution in [3.8, 4) is 0 Å². The number of amides is 1. The normalized spacial score (nSPS) is 17.3. The fourth-order valence-electron chi connectivity index (χ4n) is 3.89. The number of aromatic nitrogens is 3. The summed E-state index contributed by atoms with van der Waals surface area (Å²) >= 11 is 0. The van der Waals surface area contributed by atoms with Gasteiger partial charge >= 0.3 is 5.63 Å². The van der Waals surface area contributed by atoms with Crippen molar-refractivity contribution >= 4 is 22.5 Å². The molecule has 28 heavy (non-hydrogen) atoms. The van der Waals surface area contributed by atoms with Crippen LogP contribution in [-0.2, 0) is 0 Å². The standard InChI is InChI=1S/C21H18N4O3/c26-20(16-12-14-6-1-2-8-17(14)28-21(16)27)24-10-5-7-15(13-24)19-23-22-18-9-3-4-11-25(18)19/h1-4,6,8-9,11-12,15H,5,7,10,13H2. The van der Waals surface area contributed by atoms with Gasteiger partial charge in [0, 0.05) is 30.6 Å². The molecule has 140 valence electrons. The molecular weight excluding hydrogens is 356 g/mol. The fraction of sp³-hybridized carbons (Fsp3) is 0.238. The molecule has 0 saturated carbocycles. The molecule has 0 N–H and O–H groups in total. The third-order valence-electron chi connectivity index (χ3n) is 5.29. The van der Waals surface area contributed by atoms with Crippen molar-refractivity contribution in [2.24, 2.45) is 0 Å². The Hall–Kier alpha value is -3.48. The molecule has 4 heterocycles. The number of carbonyl (C=O) groups is 1. The van der Waals surface area contributed by atoms with E-state index in [1.807, 2.05) is 40.9 Å². The number of hydrogen-bond donors (Lipinski definition) is 0. The Balaban J connectivity index is 1.46. The second-order valence-corrected chi connectivity index (χ2v) is 7.06. The Labute approximate surface area is 160 Å². The largest absolute Gasteiger partial charge is 0.422 e. The summed E-state index contributed by atoms with van der Waals surface area (Å²) in [5.74, 6) is 0.624. The van der Waals surface area contributed by atoms with Gasteiger partial charge in [0.25, 0.3) is 5.91 Å². The number of fused-ring (bicyclic) bond motifs is 2. The van der Waals surface area contributed by atoms with E-state index in [2.05, 4.69) is 10.2 Å². The molecule has 1 unspecified atom stereocenters. The van der Waals surface area contributed by atoms with Gasteiger partial charge in [-0.25, -0.2) is 4.79 Å². The van der Waals surface area contributed by atoms with Crippen molar-refractivity contribution in [1.29, 1.82) is 0 Å². The maximum absolute atomic E-state index is 13.1. The number of carbonyl (C=O) groups excluding carboxylic acids is 1. The molecule has 7 heteroatoms. The molecule has 1 saturated heterocycles. The summed E-state index contributed by atoms with van der Waals surface area (Å²) in [5.41, 5.74) is 0.746. The summed E-state index contributed by atoms with van der Waals surface area (Å²) in [5, 5.41) is 9.29. The van der Waals surface area contributed by atoms with Crippen LogP contribution < -0.4 is 5.63 Å². The number of pyridine rings is 1. The minimum atomic E-state index is -0.598. The number of benzene rings is 1. The topological polar surface area (TPSA) is 80.7 Å². The van der Waals surface area contributed by atoms with Crippen LogP contribution in [0.4, 0.5) is 0 Å². The lowest BCUT2D eigenvalue weighted by Crippen LogP contribution is -2.41. The molecule has 1 atom stereocenters. The van der Waals surface area contributed by atoms with Gasteiger partial charge in [-0.1, -0.05) is 24.3 Å². The predicted molar refractivity (Wildman–Crippen MR) is 103 cm³/mol. The summed E-state index contributed by atoms with van der Waals surface area (Å²) in [7, 11) is 0. The third-order valence-corrected chi connectivity index (χ3v) is 5.29. The quantitative estimate of drug-likeness (QED) is 0.504. The summed E-state index contributed by atoms with van der Waals surface area (Å²) < 4.78 is 7.29. The van der Waals surface area contributed by atoms with Gasteiger partial charge in [0.05, 0.1) is 0 Å². The fourth-order valence-corrected chi connectivity index (χ4v) is 3.89. The van der Waals surface area contributed by atoms with Crippen LogP contribution in [0.2, 0.25) is 0 Å². The Bertz CT molecular complexity index is 1240. The summed E-state index contributed by atoms with van der Waals surface area (Å²) in [4.78, 5) is 27.1. The maximum Gasteiger partial charge on any atom is 0.349 e. The van der Waals surface area contributed by atoms with E-state index >= 15 is 0 Å². The third kappa shape index (κ3) is 2.76. The molecule has 1 aliphatic rings. The molecule has 0 bridgehead atoms. The van der Waals surface area contributed by atoms with Crippen LogP contribution in [0.25, 0.3) is 16.6 Å². The number of para-hydroxylation sites is 1. The van der Waals surface area contributed by atoms with Crippen LogP contribution in [-0.4, -0.2) is 38.5 Å². The van der Waals surface area contributed by atoms with Crippen molar-refractivity contribution in [3.05, 3.63) is 76.5 Å². The molecule has 1 aliphatic heterocycles. The highest BCUT2D eigenvalue weighted by atomic mass is 16.4. The monoisotopic (exact) mass is 374 g/mol. The lowest BCUT2D eigenvalue weighted by molar-refractivity contribution is 0.0700. The van der Waals surface area contributed by atoms with Crippen LogP contribution >= 0.6 is 0 Å². The van der Waals surface area contributed by atoms with Crippen LogP contribution in [0.5, 0.6) is 0 Å². The van der Waals surface area contributed by atoms with E-state index in [4.69, 9.17) is 4.42 Å². The zero-order chi connectivity index (χ0) is 19.1. The van der Waals surface area contributed by atoms with Crippen LogP contribution in [0.3, 0.4) is 0 Å². The van der Waals surface area contributed by atoms with E-state index in [-0.39, 0.29) is 17.4 Å². The van der Waals surface area contributed by atoms with Gasteiger partial charge in [0.15, 0.2) is 5.65 Å². The van der Waals surface area contributed by atoms with Gasteiger partial charge in [0.1, 0.15) is 17.0 Å². The Morgan fingerprint density at radius 2 is 1.96 bits per heavy atom. The van der Waals surface area contributed by atoms with E-state index in [0.29, 0.717) is 18.7 Å². The van der Waals surface area contributed by atoms with E-state index in [1.165, 1.54) is 0 Å². The highest BCUT2D eigenvalue weighted by Gasteiger charge is 2.29. The zero-order valence-corrected chi connectivity index (χ0v) is 15.1. The maximum atomic E-state index is 13.1. The smallest absolute Gasteiger partial charge is 0.349 e. The number of likely N-dealkylation sites (tertiary alicyclic amines) is 1. The van der Waals surface area contributed by atoms with Gasteiger partial charge in [-0.15, -0.1) is 10.2 Å². The van der Waals surface area contributed by atoms with Gasteiger partial charge in [-0.3, -0.25) is 9.20 Å². The van der Waals surface area contributed by atoms with Gasteiger partial charge in [0.2, 0.25) is 0 Å². The molecule has 1 aromatic carbocycles. The van der Waals surface area contributed by atoms with E-state index in [0.717, 1.165) is 29.7 Å². The molecular formula is C21H18N4O3. The number of piperidine rings is 1. The molecule has 1 fully saturated rings. The summed E-state index contributed by atoms with van der Waals surface area (Å²) in [6.45, 7) is 1.11. The van der Waals surface area contributed by atoms with Crippen LogP contribution in [0.15, 0.2) is 63.9 Å². The van der Waals surface area contributed by atoms with E-state index in [1.54, 1.807) is 23.1 Å². The van der Waals surface area contributed by atoms with Crippen LogP contribution in [0.1, 0.15) is 34.9 Å². The first-order valence-corrected chi connectivity index (χ1v) is 9.32. The lowest BCUT2D eigenvalue weighted by atomic mass is 9.96. The van der Waals surface area contributed by atoms with E-state index < -0.39 is 5.63 Å². The highest BCUT2D eigenvalue weighted by Crippen LogP contribution is 2.27. The first-order valence-electron chi connectivity index (χ1n) is 9.32. The molecule has 0 spiro atoms. The minimum Gasteiger partial charge on any atom is -0.422 e. The van der Waals surface area contributed by atoms with Crippen molar-refractivity contribution in [2.75, 3.05) is 13.1 Å². The number of rotatable bonds is 2. The van der Waals surface area contributed by atoms with Gasteiger partial charge < -0.3 is 9.32 Å². The lowest BCUT2D eigenvalue weighted by Gasteiger charge is -2.31. The SMILES string of the molecule is O=C(c1cc2ccccc2oc1=O)N1CCCC(c2nnc3ccccn23)C1. The molecule has 0 radical (unpaired) electrons. The second-order valence-electron chi connectivity index (χ2n) is 7.06. The number of hydrogen-bond acceptors (Lipinski definition) is 5. The predicted octanol–water partition coefficient (Wildman–Crippen LogP) is 2.86. The molecule has 3 aromatic heterocycles. The Morgan fingerprint density at radius 3 is 2.89 bits per heavy atom. The van der Waals surface area contributed by atoms with Crippen molar-refractivity contribution in [2.45, 2.75) is 18.8 Å². The van der Waals surface area contributed by atoms with Gasteiger partial charge in [-0.2, -0.15) is 0 Å². The van der Waals surface area contributed by atoms with E-state index in [9.17, 15) is 9.59 Å². The highest BCUT2D eigenvalue weighted by molar-refractivity contribution is 5.96. The Morgan fingerprint density at radius 1 is 1.11 bits per heavy atom. The summed E-state index contributed by atoms with van der Waals surface area (Å²) in [6, 6.07) is 14.6. The minimum absolute atomic E-state index is 0.0718. The molecule has 0 aliphatic carbocycles. The van der Waals surface area contributed by atoms with Gasteiger partial charge in [-0.05, 0) is 37.1 Å². The first kappa shape index (κ1) is 16.7. The van der Waals surface area contributed by atoms with Crippen molar-refractivity contribution in [1.82, 2.24) is 19.5 Å². The van der Waals surface area contributed by atoms with Crippen LogP contribution in [0, 0.1) is 0 Å². The Kier molecular flexibility index (Phi) is 3.93.